The average molecular weight is 190 g/mol. The molecular weight excluding hydrogens is 179 g/mol. The molecule has 1 saturated carbocycles. The average Bonchev–Trinajstić information content (AvgIpc) is 1.57. The smallest absolute Gasteiger partial charge is 0.330 e. The van der Waals surface area contributed by atoms with Crippen molar-refractivity contribution < 1.29 is 13.2 Å². The zero-order valence-electron chi connectivity index (χ0n) is 5.90. The van der Waals surface area contributed by atoms with Crippen molar-refractivity contribution in [2.24, 2.45) is 17.6 Å². The minimum atomic E-state index is -4.01. The highest BCUT2D eigenvalue weighted by Gasteiger charge is 2.48. The Morgan fingerprint density at radius 3 is 1.91 bits per heavy atom. The Morgan fingerprint density at radius 2 is 1.82 bits per heavy atom. The standard InChI is InChI=1S/C6H10F3N.ClH/c7-6(8,9)5-2-1-4(5)3-10;/h4-5H,1-3,10H2;1H/t4-,5+;/m0./s1. The van der Waals surface area contributed by atoms with Crippen LogP contribution in [0.15, 0.2) is 0 Å². The summed E-state index contributed by atoms with van der Waals surface area (Å²) in [5.41, 5.74) is 5.12. The monoisotopic (exact) mass is 189 g/mol. The third-order valence-corrected chi connectivity index (χ3v) is 2.14. The quantitative estimate of drug-likeness (QED) is 0.671. The molecule has 0 aliphatic heterocycles. The van der Waals surface area contributed by atoms with Crippen molar-refractivity contribution in [3.8, 4) is 0 Å². The number of hydrogen-bond acceptors (Lipinski definition) is 1. The molecule has 1 fully saturated rings. The van der Waals surface area contributed by atoms with Gasteiger partial charge in [0.05, 0.1) is 5.92 Å². The van der Waals surface area contributed by atoms with Crippen molar-refractivity contribution >= 4 is 12.4 Å². The van der Waals surface area contributed by atoms with E-state index in [1.54, 1.807) is 0 Å². The van der Waals surface area contributed by atoms with Crippen LogP contribution in [0.1, 0.15) is 12.8 Å². The van der Waals surface area contributed by atoms with Gasteiger partial charge in [-0.25, -0.2) is 0 Å². The molecule has 0 aromatic rings. The van der Waals surface area contributed by atoms with Gasteiger partial charge in [0.25, 0.3) is 0 Å². The molecule has 1 rings (SSSR count). The summed E-state index contributed by atoms with van der Waals surface area (Å²) in [4.78, 5) is 0. The molecule has 2 N–H and O–H groups in total. The van der Waals surface area contributed by atoms with Crippen LogP contribution in [-0.2, 0) is 0 Å². The Morgan fingerprint density at radius 1 is 1.27 bits per heavy atom. The van der Waals surface area contributed by atoms with E-state index in [-0.39, 0.29) is 31.3 Å². The largest absolute Gasteiger partial charge is 0.392 e. The molecule has 0 radical (unpaired) electrons. The number of hydrogen-bond donors (Lipinski definition) is 1. The summed E-state index contributed by atoms with van der Waals surface area (Å²) >= 11 is 0. The third-order valence-electron chi connectivity index (χ3n) is 2.14. The van der Waals surface area contributed by atoms with Crippen LogP contribution in [0.2, 0.25) is 0 Å². The van der Waals surface area contributed by atoms with E-state index in [1.165, 1.54) is 0 Å². The highest BCUT2D eigenvalue weighted by atomic mass is 35.5. The topological polar surface area (TPSA) is 26.0 Å². The molecule has 0 amide bonds. The van der Waals surface area contributed by atoms with Gasteiger partial charge < -0.3 is 5.73 Å². The van der Waals surface area contributed by atoms with E-state index in [0.29, 0.717) is 6.42 Å². The Balaban J connectivity index is 0.000001000. The molecule has 1 nitrogen and oxygen atoms in total. The van der Waals surface area contributed by atoms with Crippen molar-refractivity contribution in [3.05, 3.63) is 0 Å². The SMILES string of the molecule is Cl.NC[C@@H]1CC[C@H]1C(F)(F)F. The van der Waals surface area contributed by atoms with Crippen LogP contribution >= 0.6 is 12.4 Å². The minimum absolute atomic E-state index is 0. The highest BCUT2D eigenvalue weighted by Crippen LogP contribution is 2.44. The van der Waals surface area contributed by atoms with Gasteiger partial charge in [-0.05, 0) is 25.3 Å². The predicted octanol–water partition coefficient (Wildman–Crippen LogP) is 1.96. The van der Waals surface area contributed by atoms with E-state index in [1.807, 2.05) is 0 Å². The molecule has 11 heavy (non-hydrogen) atoms. The van der Waals surface area contributed by atoms with Crippen LogP contribution in [-0.4, -0.2) is 12.7 Å². The Hall–Kier alpha value is 0.0400. The van der Waals surface area contributed by atoms with Crippen molar-refractivity contribution in [2.45, 2.75) is 19.0 Å². The van der Waals surface area contributed by atoms with E-state index in [2.05, 4.69) is 0 Å². The lowest BCUT2D eigenvalue weighted by molar-refractivity contribution is -0.211. The molecule has 0 spiro atoms. The highest BCUT2D eigenvalue weighted by molar-refractivity contribution is 5.85. The minimum Gasteiger partial charge on any atom is -0.330 e. The summed E-state index contributed by atoms with van der Waals surface area (Å²) in [6, 6.07) is 0. The summed E-state index contributed by atoms with van der Waals surface area (Å²) in [5.74, 6) is -1.42. The van der Waals surface area contributed by atoms with Crippen LogP contribution in [0.4, 0.5) is 13.2 Å². The second-order valence-corrected chi connectivity index (χ2v) is 2.72. The number of nitrogens with two attached hydrogens (primary N) is 1. The van der Waals surface area contributed by atoms with Crippen LogP contribution in [0, 0.1) is 11.8 Å². The Bertz CT molecular complexity index is 123. The number of rotatable bonds is 1. The lowest BCUT2D eigenvalue weighted by Crippen LogP contribution is -2.41. The Labute approximate surface area is 69.5 Å². The molecule has 0 aromatic carbocycles. The van der Waals surface area contributed by atoms with Gasteiger partial charge in [0.2, 0.25) is 0 Å². The first-order chi connectivity index (χ1) is 4.55. The summed E-state index contributed by atoms with van der Waals surface area (Å²) in [6.07, 6.45) is -3.10. The second kappa shape index (κ2) is 3.63. The maximum atomic E-state index is 11.9. The van der Waals surface area contributed by atoms with E-state index < -0.39 is 12.1 Å². The lowest BCUT2D eigenvalue weighted by atomic mass is 9.73. The molecule has 5 heteroatoms. The fourth-order valence-electron chi connectivity index (χ4n) is 1.28. The van der Waals surface area contributed by atoms with Crippen LogP contribution < -0.4 is 5.73 Å². The molecule has 0 saturated heterocycles. The molecule has 0 bridgehead atoms. The number of halogens is 4. The van der Waals surface area contributed by atoms with Gasteiger partial charge >= 0.3 is 6.18 Å². The zero-order valence-corrected chi connectivity index (χ0v) is 6.71. The normalized spacial score (nSPS) is 30.5. The first kappa shape index (κ1) is 11.0. The van der Waals surface area contributed by atoms with Crippen molar-refractivity contribution in [1.82, 2.24) is 0 Å². The van der Waals surface area contributed by atoms with Gasteiger partial charge in [0.15, 0.2) is 0 Å². The molecule has 1 aliphatic rings. The molecule has 0 aromatic heterocycles. The number of alkyl halides is 3. The van der Waals surface area contributed by atoms with Crippen LogP contribution in [0.5, 0.6) is 0 Å². The maximum absolute atomic E-state index is 11.9. The fourth-order valence-corrected chi connectivity index (χ4v) is 1.28. The Kier molecular flexibility index (Phi) is 3.64. The summed E-state index contributed by atoms with van der Waals surface area (Å²) in [6.45, 7) is 0.171. The zero-order chi connectivity index (χ0) is 7.78. The third kappa shape index (κ3) is 2.24. The van der Waals surface area contributed by atoms with Gasteiger partial charge in [-0.2, -0.15) is 13.2 Å². The maximum Gasteiger partial charge on any atom is 0.392 e. The van der Waals surface area contributed by atoms with E-state index in [9.17, 15) is 13.2 Å². The van der Waals surface area contributed by atoms with Gasteiger partial charge in [-0.15, -0.1) is 12.4 Å². The van der Waals surface area contributed by atoms with Crippen molar-refractivity contribution in [1.29, 1.82) is 0 Å². The van der Waals surface area contributed by atoms with Crippen LogP contribution in [0.3, 0.4) is 0 Å². The van der Waals surface area contributed by atoms with E-state index >= 15 is 0 Å². The molecule has 0 heterocycles. The fraction of sp³-hybridized carbons (Fsp3) is 1.00. The molecule has 1 aliphatic carbocycles. The van der Waals surface area contributed by atoms with Gasteiger partial charge in [0, 0.05) is 0 Å². The van der Waals surface area contributed by atoms with Gasteiger partial charge in [-0.3, -0.25) is 0 Å². The molecule has 2 atom stereocenters. The van der Waals surface area contributed by atoms with E-state index in [0.717, 1.165) is 0 Å². The molecule has 0 unspecified atom stereocenters. The summed E-state index contributed by atoms with van der Waals surface area (Å²) in [7, 11) is 0. The van der Waals surface area contributed by atoms with Gasteiger partial charge in [-0.1, -0.05) is 0 Å². The van der Waals surface area contributed by atoms with Crippen molar-refractivity contribution in [2.75, 3.05) is 6.54 Å². The lowest BCUT2D eigenvalue weighted by Gasteiger charge is -2.36. The molecule has 68 valence electrons. The second-order valence-electron chi connectivity index (χ2n) is 2.72. The predicted molar refractivity (Wildman–Crippen MR) is 38.6 cm³/mol. The molecular formula is C6H11ClF3N. The summed E-state index contributed by atoms with van der Waals surface area (Å²) < 4.78 is 35.6. The van der Waals surface area contributed by atoms with E-state index in [4.69, 9.17) is 5.73 Å². The van der Waals surface area contributed by atoms with Crippen LogP contribution in [0.25, 0.3) is 0 Å². The van der Waals surface area contributed by atoms with Crippen molar-refractivity contribution in [3.63, 3.8) is 0 Å². The summed E-state index contributed by atoms with van der Waals surface area (Å²) in [5, 5.41) is 0. The first-order valence-electron chi connectivity index (χ1n) is 3.32. The first-order valence-corrected chi connectivity index (χ1v) is 3.32. The van der Waals surface area contributed by atoms with Gasteiger partial charge in [0.1, 0.15) is 0 Å².